The number of ether oxygens (including phenoxy) is 1. The second-order valence-corrected chi connectivity index (χ2v) is 4.15. The molecule has 3 nitrogen and oxygen atoms in total. The van der Waals surface area contributed by atoms with Gasteiger partial charge in [-0.05, 0) is 32.9 Å². The zero-order chi connectivity index (χ0) is 10.6. The van der Waals surface area contributed by atoms with E-state index in [2.05, 4.69) is 11.8 Å². The first-order valence-corrected chi connectivity index (χ1v) is 5.48. The molecule has 1 aliphatic rings. The minimum Gasteiger partial charge on any atom is -0.469 e. The van der Waals surface area contributed by atoms with Gasteiger partial charge in [0.25, 0.3) is 0 Å². The maximum atomic E-state index is 11.3. The molecular formula is C11H21NO2. The largest absolute Gasteiger partial charge is 0.469 e. The highest BCUT2D eigenvalue weighted by Gasteiger charge is 2.26. The van der Waals surface area contributed by atoms with Crippen molar-refractivity contribution in [2.24, 2.45) is 5.92 Å². The standard InChI is InChI=1S/C11H21NO2/c1-9(11(13)14-3)10(2)12-7-5-4-6-8-12/h9-10H,4-8H2,1-3H3. The van der Waals surface area contributed by atoms with Crippen molar-refractivity contribution in [3.8, 4) is 0 Å². The van der Waals surface area contributed by atoms with Gasteiger partial charge in [0, 0.05) is 6.04 Å². The van der Waals surface area contributed by atoms with Crippen molar-refractivity contribution in [2.75, 3.05) is 20.2 Å². The molecule has 0 amide bonds. The number of hydrogen-bond donors (Lipinski definition) is 0. The van der Waals surface area contributed by atoms with Crippen LogP contribution in [0.5, 0.6) is 0 Å². The zero-order valence-electron chi connectivity index (χ0n) is 9.45. The summed E-state index contributed by atoms with van der Waals surface area (Å²) in [6, 6.07) is 0.308. The van der Waals surface area contributed by atoms with Gasteiger partial charge in [-0.3, -0.25) is 9.69 Å². The average molecular weight is 199 g/mol. The van der Waals surface area contributed by atoms with E-state index in [-0.39, 0.29) is 11.9 Å². The summed E-state index contributed by atoms with van der Waals surface area (Å²) in [4.78, 5) is 13.7. The minimum absolute atomic E-state index is 0.0156. The summed E-state index contributed by atoms with van der Waals surface area (Å²) in [6.07, 6.45) is 3.85. The first-order valence-electron chi connectivity index (χ1n) is 5.48. The smallest absolute Gasteiger partial charge is 0.309 e. The third-order valence-corrected chi connectivity index (χ3v) is 3.26. The van der Waals surface area contributed by atoms with Crippen LogP contribution < -0.4 is 0 Å². The summed E-state index contributed by atoms with van der Waals surface area (Å²) in [5.41, 5.74) is 0. The van der Waals surface area contributed by atoms with E-state index in [0.717, 1.165) is 13.1 Å². The fourth-order valence-electron chi connectivity index (χ4n) is 2.02. The molecule has 1 fully saturated rings. The Hall–Kier alpha value is -0.570. The van der Waals surface area contributed by atoms with Crippen molar-refractivity contribution in [3.05, 3.63) is 0 Å². The lowest BCUT2D eigenvalue weighted by molar-refractivity contribution is -0.147. The molecule has 1 saturated heterocycles. The number of esters is 1. The molecule has 0 bridgehead atoms. The molecule has 0 aliphatic carbocycles. The lowest BCUT2D eigenvalue weighted by Gasteiger charge is -2.34. The summed E-state index contributed by atoms with van der Waals surface area (Å²) in [5, 5.41) is 0. The van der Waals surface area contributed by atoms with E-state index in [1.54, 1.807) is 0 Å². The topological polar surface area (TPSA) is 29.5 Å². The Labute approximate surface area is 86.4 Å². The highest BCUT2D eigenvalue weighted by Crippen LogP contribution is 2.17. The molecule has 2 atom stereocenters. The van der Waals surface area contributed by atoms with E-state index in [1.807, 2.05) is 6.92 Å². The number of carbonyl (C=O) groups is 1. The monoisotopic (exact) mass is 199 g/mol. The summed E-state index contributed by atoms with van der Waals surface area (Å²) < 4.78 is 4.76. The van der Waals surface area contributed by atoms with Gasteiger partial charge < -0.3 is 4.74 Å². The average Bonchev–Trinajstić information content (AvgIpc) is 2.27. The molecular weight excluding hydrogens is 178 g/mol. The van der Waals surface area contributed by atoms with Gasteiger partial charge in [0.05, 0.1) is 13.0 Å². The van der Waals surface area contributed by atoms with E-state index >= 15 is 0 Å². The first-order chi connectivity index (χ1) is 6.66. The summed E-state index contributed by atoms with van der Waals surface area (Å²) in [6.45, 7) is 6.32. The number of piperidine rings is 1. The van der Waals surface area contributed by atoms with Crippen LogP contribution in [0.2, 0.25) is 0 Å². The van der Waals surface area contributed by atoms with Gasteiger partial charge in [-0.15, -0.1) is 0 Å². The van der Waals surface area contributed by atoms with Crippen molar-refractivity contribution >= 4 is 5.97 Å². The molecule has 0 N–H and O–H groups in total. The molecule has 2 unspecified atom stereocenters. The lowest BCUT2D eigenvalue weighted by Crippen LogP contribution is -2.43. The fraction of sp³-hybridized carbons (Fsp3) is 0.909. The van der Waals surface area contributed by atoms with E-state index in [9.17, 15) is 4.79 Å². The van der Waals surface area contributed by atoms with Crippen LogP contribution in [-0.4, -0.2) is 37.1 Å². The summed E-state index contributed by atoms with van der Waals surface area (Å²) >= 11 is 0. The molecule has 1 heterocycles. The Morgan fingerprint density at radius 3 is 2.29 bits per heavy atom. The highest BCUT2D eigenvalue weighted by molar-refractivity contribution is 5.72. The molecule has 0 radical (unpaired) electrons. The number of likely N-dealkylation sites (tertiary alicyclic amines) is 1. The van der Waals surface area contributed by atoms with Crippen LogP contribution in [0, 0.1) is 5.92 Å². The number of carbonyl (C=O) groups excluding carboxylic acids is 1. The normalized spacial score (nSPS) is 22.8. The van der Waals surface area contributed by atoms with Crippen LogP contribution in [0.3, 0.4) is 0 Å². The Bertz CT molecular complexity index is 188. The van der Waals surface area contributed by atoms with Crippen LogP contribution >= 0.6 is 0 Å². The quantitative estimate of drug-likeness (QED) is 0.648. The third kappa shape index (κ3) is 2.71. The number of hydrogen-bond acceptors (Lipinski definition) is 3. The predicted octanol–water partition coefficient (Wildman–Crippen LogP) is 1.67. The van der Waals surface area contributed by atoms with E-state index in [4.69, 9.17) is 4.74 Å². The van der Waals surface area contributed by atoms with Crippen LogP contribution in [0.4, 0.5) is 0 Å². The molecule has 0 aromatic rings. The molecule has 82 valence electrons. The molecule has 1 aliphatic heterocycles. The molecule has 0 aromatic carbocycles. The maximum absolute atomic E-state index is 11.3. The van der Waals surface area contributed by atoms with E-state index in [1.165, 1.54) is 26.4 Å². The SMILES string of the molecule is COC(=O)C(C)C(C)N1CCCCC1. The zero-order valence-corrected chi connectivity index (χ0v) is 9.45. The Morgan fingerprint density at radius 1 is 1.21 bits per heavy atom. The molecule has 0 aromatic heterocycles. The van der Waals surface area contributed by atoms with Crippen molar-refractivity contribution in [1.29, 1.82) is 0 Å². The van der Waals surface area contributed by atoms with Crippen molar-refractivity contribution in [2.45, 2.75) is 39.2 Å². The Morgan fingerprint density at radius 2 is 1.79 bits per heavy atom. The van der Waals surface area contributed by atoms with E-state index < -0.39 is 0 Å². The molecule has 1 rings (SSSR count). The van der Waals surface area contributed by atoms with Crippen LogP contribution in [-0.2, 0) is 9.53 Å². The molecule has 14 heavy (non-hydrogen) atoms. The summed E-state index contributed by atoms with van der Waals surface area (Å²) in [7, 11) is 1.46. The third-order valence-electron chi connectivity index (χ3n) is 3.26. The molecule has 0 spiro atoms. The van der Waals surface area contributed by atoms with Gasteiger partial charge in [0.15, 0.2) is 0 Å². The van der Waals surface area contributed by atoms with Crippen LogP contribution in [0.15, 0.2) is 0 Å². The van der Waals surface area contributed by atoms with Gasteiger partial charge in [0.1, 0.15) is 0 Å². The number of rotatable bonds is 3. The van der Waals surface area contributed by atoms with Gasteiger partial charge in [-0.1, -0.05) is 13.3 Å². The van der Waals surface area contributed by atoms with Gasteiger partial charge >= 0.3 is 5.97 Å². The second-order valence-electron chi connectivity index (χ2n) is 4.15. The molecule has 3 heteroatoms. The minimum atomic E-state index is -0.0944. The fourth-order valence-corrected chi connectivity index (χ4v) is 2.02. The lowest BCUT2D eigenvalue weighted by atomic mass is 9.99. The second kappa shape index (κ2) is 5.35. The number of nitrogens with zero attached hydrogens (tertiary/aromatic N) is 1. The predicted molar refractivity (Wildman–Crippen MR) is 56.1 cm³/mol. The van der Waals surface area contributed by atoms with Gasteiger partial charge in [-0.2, -0.15) is 0 Å². The highest BCUT2D eigenvalue weighted by atomic mass is 16.5. The van der Waals surface area contributed by atoms with Crippen LogP contribution in [0.1, 0.15) is 33.1 Å². The Kier molecular flexibility index (Phi) is 4.39. The van der Waals surface area contributed by atoms with E-state index in [0.29, 0.717) is 6.04 Å². The van der Waals surface area contributed by atoms with Crippen molar-refractivity contribution < 1.29 is 9.53 Å². The van der Waals surface area contributed by atoms with Gasteiger partial charge in [0.2, 0.25) is 0 Å². The Balaban J connectivity index is 2.45. The number of methoxy groups -OCH3 is 1. The first kappa shape index (κ1) is 11.5. The summed E-state index contributed by atoms with van der Waals surface area (Å²) in [5.74, 6) is -0.110. The van der Waals surface area contributed by atoms with Crippen molar-refractivity contribution in [3.63, 3.8) is 0 Å². The van der Waals surface area contributed by atoms with Crippen LogP contribution in [0.25, 0.3) is 0 Å². The molecule has 0 saturated carbocycles. The van der Waals surface area contributed by atoms with Gasteiger partial charge in [-0.25, -0.2) is 0 Å². The van der Waals surface area contributed by atoms with Crippen molar-refractivity contribution in [1.82, 2.24) is 4.90 Å². The maximum Gasteiger partial charge on any atom is 0.309 e.